The summed E-state index contributed by atoms with van der Waals surface area (Å²) in [6.07, 6.45) is 1.90. The summed E-state index contributed by atoms with van der Waals surface area (Å²) in [7, 11) is 1.64. The second kappa shape index (κ2) is 6.55. The summed E-state index contributed by atoms with van der Waals surface area (Å²) in [5, 5.41) is 3.50. The average Bonchev–Trinajstić information content (AvgIpc) is 2.46. The van der Waals surface area contributed by atoms with E-state index >= 15 is 0 Å². The summed E-state index contributed by atoms with van der Waals surface area (Å²) < 4.78 is 5.32. The number of nitrogens with one attached hydrogen (secondary N) is 1. The van der Waals surface area contributed by atoms with E-state index in [1.807, 2.05) is 11.0 Å². The van der Waals surface area contributed by atoms with Crippen LogP contribution in [0.2, 0.25) is 0 Å². The molecule has 0 atom stereocenters. The van der Waals surface area contributed by atoms with Crippen LogP contribution < -0.4 is 10.1 Å². The van der Waals surface area contributed by atoms with E-state index < -0.39 is 0 Å². The van der Waals surface area contributed by atoms with Crippen molar-refractivity contribution in [2.24, 2.45) is 0 Å². The Hall–Kier alpha value is -1.78. The molecule has 1 saturated heterocycles. The van der Waals surface area contributed by atoms with Crippen molar-refractivity contribution in [3.63, 3.8) is 0 Å². The zero-order chi connectivity index (χ0) is 16.3. The molecule has 0 radical (unpaired) electrons. The Labute approximate surface area is 133 Å². The maximum atomic E-state index is 11.4. The minimum Gasteiger partial charge on any atom is -0.481 e. The first-order valence-electron chi connectivity index (χ1n) is 7.88. The first-order valence-corrected chi connectivity index (χ1v) is 7.88. The van der Waals surface area contributed by atoms with Crippen LogP contribution in [-0.4, -0.2) is 42.0 Å². The molecule has 0 spiro atoms. The Bertz CT molecular complexity index is 529. The fraction of sp³-hybridized carbons (Fsp3) is 0.647. The quantitative estimate of drug-likeness (QED) is 0.933. The van der Waals surface area contributed by atoms with E-state index in [-0.39, 0.29) is 11.3 Å². The number of carbonyl (C=O) groups is 1. The molecular weight excluding hydrogens is 278 g/mol. The molecule has 0 saturated carbocycles. The van der Waals surface area contributed by atoms with E-state index in [0.717, 1.165) is 31.7 Å². The zero-order valence-electron chi connectivity index (χ0n) is 14.3. The van der Waals surface area contributed by atoms with E-state index in [9.17, 15) is 4.79 Å². The highest BCUT2D eigenvalue weighted by Gasteiger charge is 2.22. The lowest BCUT2D eigenvalue weighted by atomic mass is 9.87. The van der Waals surface area contributed by atoms with Gasteiger partial charge in [-0.05, 0) is 29.9 Å². The Morgan fingerprint density at radius 2 is 1.95 bits per heavy atom. The first kappa shape index (κ1) is 16.6. The number of likely N-dealkylation sites (tertiary alicyclic amines) is 1. The largest absolute Gasteiger partial charge is 0.481 e. The molecule has 1 aromatic rings. The second-order valence-corrected chi connectivity index (χ2v) is 6.96. The number of piperidine rings is 1. The molecule has 1 aliphatic heterocycles. The highest BCUT2D eigenvalue weighted by Crippen LogP contribution is 2.28. The van der Waals surface area contributed by atoms with Crippen molar-refractivity contribution in [2.45, 2.75) is 52.0 Å². The van der Waals surface area contributed by atoms with Crippen molar-refractivity contribution in [1.82, 2.24) is 9.88 Å². The van der Waals surface area contributed by atoms with Gasteiger partial charge in [-0.2, -0.15) is 4.98 Å². The van der Waals surface area contributed by atoms with Gasteiger partial charge in [0, 0.05) is 32.1 Å². The molecule has 2 heterocycles. The van der Waals surface area contributed by atoms with Gasteiger partial charge in [-0.3, -0.25) is 4.79 Å². The lowest BCUT2D eigenvalue weighted by molar-refractivity contribution is -0.129. The molecular formula is C17H27N3O2. The number of ether oxygens (including phenoxy) is 1. The third-order valence-electron chi connectivity index (χ3n) is 4.17. The maximum Gasteiger partial charge on any atom is 0.219 e. The van der Waals surface area contributed by atoms with Crippen LogP contribution >= 0.6 is 0 Å². The molecule has 2 rings (SSSR count). The molecule has 122 valence electrons. The molecule has 0 bridgehead atoms. The standard InChI is InChI=1S/C17H27N3O2/c1-12(21)20-8-6-14(7-9-20)18-15-10-13(17(2,3)4)11-16(19-15)22-5/h10-11,14H,6-9H2,1-5H3,(H,18,19). The Morgan fingerprint density at radius 1 is 1.32 bits per heavy atom. The summed E-state index contributed by atoms with van der Waals surface area (Å²) in [6.45, 7) is 9.78. The van der Waals surface area contributed by atoms with Crippen LogP contribution in [0.15, 0.2) is 12.1 Å². The van der Waals surface area contributed by atoms with E-state index in [1.54, 1.807) is 14.0 Å². The number of anilines is 1. The lowest BCUT2D eigenvalue weighted by Gasteiger charge is -2.32. The number of hydrogen-bond acceptors (Lipinski definition) is 4. The van der Waals surface area contributed by atoms with E-state index in [1.165, 1.54) is 5.56 Å². The minimum atomic E-state index is 0.0463. The number of rotatable bonds is 3. The van der Waals surface area contributed by atoms with Crippen LogP contribution in [-0.2, 0) is 10.2 Å². The van der Waals surface area contributed by atoms with E-state index in [0.29, 0.717) is 11.9 Å². The maximum absolute atomic E-state index is 11.4. The van der Waals surface area contributed by atoms with Crippen LogP contribution in [0.3, 0.4) is 0 Å². The summed E-state index contributed by atoms with van der Waals surface area (Å²) in [5.41, 5.74) is 1.24. The summed E-state index contributed by atoms with van der Waals surface area (Å²) >= 11 is 0. The molecule has 22 heavy (non-hydrogen) atoms. The van der Waals surface area contributed by atoms with Crippen molar-refractivity contribution in [1.29, 1.82) is 0 Å². The van der Waals surface area contributed by atoms with Crippen molar-refractivity contribution in [3.8, 4) is 5.88 Å². The van der Waals surface area contributed by atoms with Gasteiger partial charge in [-0.1, -0.05) is 20.8 Å². The number of carbonyl (C=O) groups excluding carboxylic acids is 1. The monoisotopic (exact) mass is 305 g/mol. The fourth-order valence-electron chi connectivity index (χ4n) is 2.66. The van der Waals surface area contributed by atoms with Crippen molar-refractivity contribution < 1.29 is 9.53 Å². The number of nitrogens with zero attached hydrogens (tertiary/aromatic N) is 2. The normalized spacial score (nSPS) is 16.5. The molecule has 1 fully saturated rings. The molecule has 5 heteroatoms. The number of amides is 1. The van der Waals surface area contributed by atoms with Crippen LogP contribution in [0, 0.1) is 0 Å². The predicted molar refractivity (Wildman–Crippen MR) is 88.4 cm³/mol. The van der Waals surface area contributed by atoms with Gasteiger partial charge in [-0.15, -0.1) is 0 Å². The van der Waals surface area contributed by atoms with Crippen LogP contribution in [0.1, 0.15) is 46.1 Å². The highest BCUT2D eigenvalue weighted by atomic mass is 16.5. The number of aromatic nitrogens is 1. The average molecular weight is 305 g/mol. The topological polar surface area (TPSA) is 54.5 Å². The van der Waals surface area contributed by atoms with Gasteiger partial charge in [0.25, 0.3) is 0 Å². The SMILES string of the molecule is COc1cc(C(C)(C)C)cc(NC2CCN(C(C)=O)CC2)n1. The summed E-state index contributed by atoms with van der Waals surface area (Å²) in [4.78, 5) is 17.8. The smallest absolute Gasteiger partial charge is 0.219 e. The van der Waals surface area contributed by atoms with E-state index in [4.69, 9.17) is 4.74 Å². The third kappa shape index (κ3) is 4.12. The fourth-order valence-corrected chi connectivity index (χ4v) is 2.66. The van der Waals surface area contributed by atoms with Gasteiger partial charge in [-0.25, -0.2) is 0 Å². The highest BCUT2D eigenvalue weighted by molar-refractivity contribution is 5.73. The molecule has 1 amide bonds. The number of hydrogen-bond donors (Lipinski definition) is 1. The van der Waals surface area contributed by atoms with Crippen LogP contribution in [0.4, 0.5) is 5.82 Å². The Balaban J connectivity index is 2.08. The molecule has 0 unspecified atom stereocenters. The predicted octanol–water partition coefficient (Wildman–Crippen LogP) is 2.81. The van der Waals surface area contributed by atoms with Crippen LogP contribution in [0.5, 0.6) is 5.88 Å². The molecule has 1 aromatic heterocycles. The Morgan fingerprint density at radius 3 is 2.45 bits per heavy atom. The lowest BCUT2D eigenvalue weighted by Crippen LogP contribution is -2.41. The van der Waals surface area contributed by atoms with Gasteiger partial charge in [0.1, 0.15) is 5.82 Å². The van der Waals surface area contributed by atoms with Crippen molar-refractivity contribution in [2.75, 3.05) is 25.5 Å². The zero-order valence-corrected chi connectivity index (χ0v) is 14.3. The van der Waals surface area contributed by atoms with Crippen molar-refractivity contribution in [3.05, 3.63) is 17.7 Å². The molecule has 0 aromatic carbocycles. The molecule has 5 nitrogen and oxygen atoms in total. The van der Waals surface area contributed by atoms with Crippen LogP contribution in [0.25, 0.3) is 0 Å². The van der Waals surface area contributed by atoms with Gasteiger partial charge in [0.2, 0.25) is 11.8 Å². The van der Waals surface area contributed by atoms with E-state index in [2.05, 4.69) is 37.1 Å². The number of pyridine rings is 1. The third-order valence-corrected chi connectivity index (χ3v) is 4.17. The molecule has 0 aliphatic carbocycles. The van der Waals surface area contributed by atoms with Crippen molar-refractivity contribution >= 4 is 11.7 Å². The van der Waals surface area contributed by atoms with Gasteiger partial charge in [0.05, 0.1) is 7.11 Å². The van der Waals surface area contributed by atoms with Gasteiger partial charge in [0.15, 0.2) is 0 Å². The Kier molecular flexibility index (Phi) is 4.94. The second-order valence-electron chi connectivity index (χ2n) is 6.96. The first-order chi connectivity index (χ1) is 10.3. The minimum absolute atomic E-state index is 0.0463. The number of methoxy groups -OCH3 is 1. The summed E-state index contributed by atoms with van der Waals surface area (Å²) in [6, 6.07) is 4.44. The molecule has 1 aliphatic rings. The van der Waals surface area contributed by atoms with Gasteiger partial charge < -0.3 is 15.0 Å². The summed E-state index contributed by atoms with van der Waals surface area (Å²) in [5.74, 6) is 1.65. The van der Waals surface area contributed by atoms with Gasteiger partial charge >= 0.3 is 0 Å². The molecule has 1 N–H and O–H groups in total.